The highest BCUT2D eigenvalue weighted by Crippen LogP contribution is 2.39. The lowest BCUT2D eigenvalue weighted by Gasteiger charge is -2.47. The number of fused-ring (bicyclic) bond motifs is 1. The van der Waals surface area contributed by atoms with Crippen LogP contribution in [-0.2, 0) is 32.4 Å². The minimum Gasteiger partial charge on any atom is -0.390 e. The fraction of sp³-hybridized carbons (Fsp3) is 0.639. The van der Waals surface area contributed by atoms with Gasteiger partial charge in [0.2, 0.25) is 11.8 Å². The number of nitrogens with one attached hydrogen (secondary N) is 3. The first kappa shape index (κ1) is 37.0. The number of carbonyl (C=O) groups excluding carboxylic acids is 2. The van der Waals surface area contributed by atoms with Gasteiger partial charge in [0.25, 0.3) is 0 Å². The van der Waals surface area contributed by atoms with Crippen LogP contribution in [0.4, 0.5) is 0 Å². The SMILES string of the molecule is CC(C)(C)NC(=O)[C@@H]1CC2CCCCC2CN1C[C@@H](O)[C@H](Cc1ccccc1)NC(=O)[C@@H](NCc1ccccn1)C(C)(C)S(C)(=O)=O. The molecule has 1 saturated heterocycles. The summed E-state index contributed by atoms with van der Waals surface area (Å²) in [4.78, 5) is 34.2. The van der Waals surface area contributed by atoms with Crippen LogP contribution in [0, 0.1) is 11.8 Å². The number of likely N-dealkylation sites (tertiary alicyclic amines) is 1. The molecule has 4 rings (SSSR count). The number of aliphatic hydroxyl groups excluding tert-OH is 1. The summed E-state index contributed by atoms with van der Waals surface area (Å²) in [6, 6.07) is 12.8. The van der Waals surface area contributed by atoms with Crippen molar-refractivity contribution in [3.05, 3.63) is 66.0 Å². The van der Waals surface area contributed by atoms with E-state index in [-0.39, 0.29) is 25.0 Å². The van der Waals surface area contributed by atoms with Gasteiger partial charge in [0.1, 0.15) is 6.04 Å². The van der Waals surface area contributed by atoms with E-state index in [9.17, 15) is 23.1 Å². The van der Waals surface area contributed by atoms with Gasteiger partial charge in [-0.2, -0.15) is 0 Å². The van der Waals surface area contributed by atoms with Crippen molar-refractivity contribution in [1.82, 2.24) is 25.8 Å². The molecular formula is C36H55N5O5S. The van der Waals surface area contributed by atoms with Crippen molar-refractivity contribution in [1.29, 1.82) is 0 Å². The number of hydrogen-bond acceptors (Lipinski definition) is 8. The van der Waals surface area contributed by atoms with E-state index in [1.54, 1.807) is 18.3 Å². The third-order valence-corrected chi connectivity index (χ3v) is 12.1. The molecule has 2 heterocycles. The first-order valence-electron chi connectivity index (χ1n) is 17.0. The second kappa shape index (κ2) is 15.6. The Balaban J connectivity index is 1.60. The van der Waals surface area contributed by atoms with Crippen LogP contribution in [0.25, 0.3) is 0 Å². The topological polar surface area (TPSA) is 141 Å². The summed E-state index contributed by atoms with van der Waals surface area (Å²) in [5.74, 6) is 0.389. The average molecular weight is 670 g/mol. The van der Waals surface area contributed by atoms with Crippen LogP contribution >= 0.6 is 0 Å². The molecule has 6 atom stereocenters. The van der Waals surface area contributed by atoms with Gasteiger partial charge in [-0.15, -0.1) is 0 Å². The van der Waals surface area contributed by atoms with Gasteiger partial charge < -0.3 is 15.7 Å². The van der Waals surface area contributed by atoms with E-state index >= 15 is 0 Å². The average Bonchev–Trinajstić information content (AvgIpc) is 3.00. The highest BCUT2D eigenvalue weighted by Gasteiger charge is 2.45. The number of amides is 2. The highest BCUT2D eigenvalue weighted by molar-refractivity contribution is 7.92. The summed E-state index contributed by atoms with van der Waals surface area (Å²) in [6.45, 7) is 10.1. The molecule has 11 heteroatoms. The monoisotopic (exact) mass is 669 g/mol. The zero-order chi connectivity index (χ0) is 34.4. The minimum atomic E-state index is -3.69. The minimum absolute atomic E-state index is 0.0361. The lowest BCUT2D eigenvalue weighted by molar-refractivity contribution is -0.133. The van der Waals surface area contributed by atoms with Crippen LogP contribution < -0.4 is 16.0 Å². The van der Waals surface area contributed by atoms with E-state index < -0.39 is 44.2 Å². The molecule has 2 amide bonds. The third kappa shape index (κ3) is 10.1. The number of hydrogen-bond donors (Lipinski definition) is 4. The maximum atomic E-state index is 14.1. The molecular weight excluding hydrogens is 614 g/mol. The lowest BCUT2D eigenvalue weighted by atomic mass is 9.72. The molecule has 0 radical (unpaired) electrons. The zero-order valence-electron chi connectivity index (χ0n) is 28.9. The van der Waals surface area contributed by atoms with Crippen LogP contribution in [0.15, 0.2) is 54.7 Å². The second-order valence-corrected chi connectivity index (χ2v) is 17.7. The molecule has 260 valence electrons. The van der Waals surface area contributed by atoms with Gasteiger partial charge in [-0.1, -0.05) is 55.7 Å². The number of aliphatic hydroxyl groups is 1. The number of sulfone groups is 1. The molecule has 2 aromatic rings. The van der Waals surface area contributed by atoms with E-state index in [1.165, 1.54) is 26.7 Å². The van der Waals surface area contributed by atoms with Gasteiger partial charge in [0, 0.05) is 37.6 Å². The van der Waals surface area contributed by atoms with E-state index in [0.717, 1.165) is 31.1 Å². The predicted molar refractivity (Wildman–Crippen MR) is 185 cm³/mol. The fourth-order valence-electron chi connectivity index (χ4n) is 6.99. The summed E-state index contributed by atoms with van der Waals surface area (Å²) in [7, 11) is -3.69. The predicted octanol–water partition coefficient (Wildman–Crippen LogP) is 3.25. The van der Waals surface area contributed by atoms with E-state index in [2.05, 4.69) is 25.8 Å². The van der Waals surface area contributed by atoms with Gasteiger partial charge in [-0.05, 0) is 83.4 Å². The number of rotatable bonds is 13. The first-order valence-corrected chi connectivity index (χ1v) is 18.9. The molecule has 1 aromatic heterocycles. The quantitative estimate of drug-likeness (QED) is 0.255. The molecule has 2 unspecified atom stereocenters. The molecule has 10 nitrogen and oxygen atoms in total. The molecule has 2 aliphatic rings. The Morgan fingerprint density at radius 1 is 1.00 bits per heavy atom. The number of aromatic nitrogens is 1. The van der Waals surface area contributed by atoms with E-state index in [4.69, 9.17) is 0 Å². The van der Waals surface area contributed by atoms with Crippen LogP contribution in [0.3, 0.4) is 0 Å². The van der Waals surface area contributed by atoms with Gasteiger partial charge in [-0.3, -0.25) is 24.8 Å². The largest absolute Gasteiger partial charge is 0.390 e. The molecule has 1 aromatic carbocycles. The molecule has 47 heavy (non-hydrogen) atoms. The summed E-state index contributed by atoms with van der Waals surface area (Å²) < 4.78 is 24.5. The van der Waals surface area contributed by atoms with Crippen molar-refractivity contribution in [2.75, 3.05) is 19.3 Å². The van der Waals surface area contributed by atoms with Gasteiger partial charge in [0.15, 0.2) is 9.84 Å². The van der Waals surface area contributed by atoms with E-state index in [0.29, 0.717) is 30.5 Å². The Labute approximate surface area is 281 Å². The van der Waals surface area contributed by atoms with E-state index in [1.807, 2.05) is 57.2 Å². The van der Waals surface area contributed by atoms with Crippen LogP contribution in [0.2, 0.25) is 0 Å². The number of benzene rings is 1. The Bertz CT molecular complexity index is 1430. The standard InChI is InChI=1S/C36H55N5O5S/c1-35(2,3)40-33(43)30-21-26-16-10-11-17-27(26)23-41(30)24-31(42)29(20-25-14-8-7-9-15-25)39-34(44)32(36(4,5)47(6,45)46)38-22-28-18-12-13-19-37-28/h7-9,12-15,18-19,26-27,29-32,38,42H,10-11,16-17,20-24H2,1-6H3,(H,39,44)(H,40,43)/t26?,27?,29-,30-,31+,32+/m0/s1. The van der Waals surface area contributed by atoms with Crippen molar-refractivity contribution < 1.29 is 23.1 Å². The second-order valence-electron chi connectivity index (χ2n) is 15.1. The molecule has 1 aliphatic heterocycles. The Morgan fingerprint density at radius 3 is 2.28 bits per heavy atom. The number of nitrogens with zero attached hydrogens (tertiary/aromatic N) is 2. The maximum absolute atomic E-state index is 14.1. The van der Waals surface area contributed by atoms with Gasteiger partial charge in [0.05, 0.1) is 28.6 Å². The Kier molecular flexibility index (Phi) is 12.2. The zero-order valence-corrected chi connectivity index (χ0v) is 29.7. The van der Waals surface area contributed by atoms with Crippen molar-refractivity contribution in [2.45, 2.75) is 114 Å². The summed E-state index contributed by atoms with van der Waals surface area (Å²) in [5.41, 5.74) is 1.20. The maximum Gasteiger partial charge on any atom is 0.239 e. The molecule has 1 saturated carbocycles. The smallest absolute Gasteiger partial charge is 0.239 e. The summed E-state index contributed by atoms with van der Waals surface area (Å²) in [6.07, 6.45) is 7.41. The molecule has 1 aliphatic carbocycles. The Hall–Kier alpha value is -2.86. The molecule has 4 N–H and O–H groups in total. The Morgan fingerprint density at radius 2 is 1.66 bits per heavy atom. The lowest BCUT2D eigenvalue weighted by Crippen LogP contribution is -2.63. The normalized spacial score (nSPS) is 22.8. The number of piperidine rings is 1. The van der Waals surface area contributed by atoms with Crippen LogP contribution in [0.5, 0.6) is 0 Å². The molecule has 0 bridgehead atoms. The van der Waals surface area contributed by atoms with Crippen molar-refractivity contribution in [3.8, 4) is 0 Å². The van der Waals surface area contributed by atoms with Crippen LogP contribution in [-0.4, -0.2) is 89.1 Å². The highest BCUT2D eigenvalue weighted by atomic mass is 32.2. The van der Waals surface area contributed by atoms with Gasteiger partial charge >= 0.3 is 0 Å². The summed E-state index contributed by atoms with van der Waals surface area (Å²) >= 11 is 0. The number of carbonyl (C=O) groups is 2. The first-order chi connectivity index (χ1) is 22.0. The number of pyridine rings is 1. The van der Waals surface area contributed by atoms with Gasteiger partial charge in [-0.25, -0.2) is 8.42 Å². The third-order valence-electron chi connectivity index (χ3n) is 9.94. The van der Waals surface area contributed by atoms with Crippen molar-refractivity contribution in [2.24, 2.45) is 11.8 Å². The molecule has 2 fully saturated rings. The van der Waals surface area contributed by atoms with Crippen LogP contribution in [0.1, 0.15) is 78.0 Å². The summed E-state index contributed by atoms with van der Waals surface area (Å²) in [5, 5.41) is 21.3. The van der Waals surface area contributed by atoms with Crippen molar-refractivity contribution >= 4 is 21.7 Å². The fourth-order valence-corrected chi connectivity index (χ4v) is 7.61. The number of β-amino-alcohol motifs (C(OH)–C–C–N with tert-alkyl or cyclic N) is 1. The van der Waals surface area contributed by atoms with Crippen molar-refractivity contribution in [3.63, 3.8) is 0 Å². The molecule has 0 spiro atoms.